The number of hydrogen-bond donors (Lipinski definition) is 2. The molecule has 6 heteroatoms. The second kappa shape index (κ2) is 11.7. The summed E-state index contributed by atoms with van der Waals surface area (Å²) in [5.41, 5.74) is 0. The Morgan fingerprint density at radius 2 is 2.04 bits per heavy atom. The van der Waals surface area contributed by atoms with Crippen LogP contribution in [0.3, 0.4) is 0 Å². The van der Waals surface area contributed by atoms with Crippen molar-refractivity contribution >= 4 is 35.8 Å². The monoisotopic (exact) mass is 485 g/mol. The third kappa shape index (κ3) is 7.12. The highest BCUT2D eigenvalue weighted by Gasteiger charge is 2.21. The summed E-state index contributed by atoms with van der Waals surface area (Å²) >= 11 is 0. The third-order valence-corrected chi connectivity index (χ3v) is 5.92. The highest BCUT2D eigenvalue weighted by Crippen LogP contribution is 2.30. The normalized spacial score (nSPS) is 24.2. The molecule has 152 valence electrons. The van der Waals surface area contributed by atoms with E-state index in [2.05, 4.69) is 44.6 Å². The number of pyridine rings is 1. The number of piperidine rings is 1. The van der Waals surface area contributed by atoms with Crippen LogP contribution in [-0.4, -0.2) is 43.7 Å². The fraction of sp³-hybridized carbons (Fsp3) is 0.714. The molecular weight excluding hydrogens is 449 g/mol. The summed E-state index contributed by atoms with van der Waals surface area (Å²) in [5.74, 6) is 3.86. The molecule has 2 N–H and O–H groups in total. The summed E-state index contributed by atoms with van der Waals surface area (Å²) in [6.07, 6.45) is 11.0. The number of aromatic nitrogens is 1. The predicted octanol–water partition coefficient (Wildman–Crippen LogP) is 4.05. The van der Waals surface area contributed by atoms with Gasteiger partial charge in [-0.05, 0) is 49.7 Å². The Hall–Kier alpha value is -1.05. The van der Waals surface area contributed by atoms with Gasteiger partial charge in [0.2, 0.25) is 0 Å². The zero-order valence-electron chi connectivity index (χ0n) is 16.9. The van der Waals surface area contributed by atoms with Gasteiger partial charge in [0.15, 0.2) is 5.96 Å². The molecule has 2 fully saturated rings. The van der Waals surface area contributed by atoms with Crippen LogP contribution in [0, 0.1) is 11.8 Å². The van der Waals surface area contributed by atoms with Crippen LogP contribution in [-0.2, 0) is 0 Å². The highest BCUT2D eigenvalue weighted by molar-refractivity contribution is 14.0. The SMILES string of the molecule is CN=C(NCCC1CCCC(C)C1)NC1CCN(c2ccccn2)CC1.I. The van der Waals surface area contributed by atoms with Gasteiger partial charge in [0.05, 0.1) is 0 Å². The van der Waals surface area contributed by atoms with Crippen molar-refractivity contribution in [1.82, 2.24) is 15.6 Å². The zero-order valence-corrected chi connectivity index (χ0v) is 19.2. The van der Waals surface area contributed by atoms with Crippen LogP contribution in [0.15, 0.2) is 29.4 Å². The maximum Gasteiger partial charge on any atom is 0.191 e. The quantitative estimate of drug-likeness (QED) is 0.376. The molecule has 0 radical (unpaired) electrons. The fourth-order valence-corrected chi connectivity index (χ4v) is 4.40. The smallest absolute Gasteiger partial charge is 0.191 e. The van der Waals surface area contributed by atoms with Crippen LogP contribution in [0.4, 0.5) is 5.82 Å². The van der Waals surface area contributed by atoms with Gasteiger partial charge in [-0.1, -0.05) is 32.3 Å². The molecule has 2 heterocycles. The largest absolute Gasteiger partial charge is 0.356 e. The lowest BCUT2D eigenvalue weighted by atomic mass is 9.81. The van der Waals surface area contributed by atoms with E-state index in [-0.39, 0.29) is 24.0 Å². The van der Waals surface area contributed by atoms with Crippen LogP contribution in [0.25, 0.3) is 0 Å². The van der Waals surface area contributed by atoms with Crippen molar-refractivity contribution in [2.75, 3.05) is 31.6 Å². The number of nitrogens with one attached hydrogen (secondary N) is 2. The molecular formula is C21H36IN5. The minimum absolute atomic E-state index is 0. The maximum absolute atomic E-state index is 4.46. The van der Waals surface area contributed by atoms with Crippen LogP contribution in [0.5, 0.6) is 0 Å². The van der Waals surface area contributed by atoms with Crippen LogP contribution < -0.4 is 15.5 Å². The molecule has 2 unspecified atom stereocenters. The molecule has 2 aliphatic rings. The average Bonchev–Trinajstić information content (AvgIpc) is 2.68. The number of rotatable bonds is 5. The highest BCUT2D eigenvalue weighted by atomic mass is 127. The maximum atomic E-state index is 4.46. The molecule has 1 aliphatic carbocycles. The van der Waals surface area contributed by atoms with E-state index in [1.807, 2.05) is 19.3 Å². The summed E-state index contributed by atoms with van der Waals surface area (Å²) in [7, 11) is 1.88. The minimum Gasteiger partial charge on any atom is -0.356 e. The van der Waals surface area contributed by atoms with Crippen LogP contribution >= 0.6 is 24.0 Å². The third-order valence-electron chi connectivity index (χ3n) is 5.92. The number of halogens is 1. The Balaban J connectivity index is 0.00000261. The fourth-order valence-electron chi connectivity index (χ4n) is 4.40. The molecule has 5 nitrogen and oxygen atoms in total. The van der Waals surface area contributed by atoms with E-state index in [1.54, 1.807) is 0 Å². The Kier molecular flexibility index (Phi) is 9.65. The van der Waals surface area contributed by atoms with E-state index in [1.165, 1.54) is 32.1 Å². The van der Waals surface area contributed by atoms with Crippen LogP contribution in [0.1, 0.15) is 51.9 Å². The van der Waals surface area contributed by atoms with Gasteiger partial charge in [-0.25, -0.2) is 4.98 Å². The number of guanidine groups is 1. The zero-order chi connectivity index (χ0) is 18.2. The molecule has 1 saturated heterocycles. The van der Waals surface area contributed by atoms with Gasteiger partial charge in [-0.3, -0.25) is 4.99 Å². The summed E-state index contributed by atoms with van der Waals surface area (Å²) in [6.45, 7) is 5.53. The molecule has 1 aromatic heterocycles. The summed E-state index contributed by atoms with van der Waals surface area (Å²) in [5, 5.41) is 7.15. The molecule has 3 rings (SSSR count). The number of nitrogens with zero attached hydrogens (tertiary/aromatic N) is 3. The van der Waals surface area contributed by atoms with Crippen LogP contribution in [0.2, 0.25) is 0 Å². The number of hydrogen-bond acceptors (Lipinski definition) is 3. The lowest BCUT2D eigenvalue weighted by Crippen LogP contribution is -2.49. The predicted molar refractivity (Wildman–Crippen MR) is 125 cm³/mol. The molecule has 2 atom stereocenters. The molecule has 1 aliphatic heterocycles. The molecule has 0 amide bonds. The Bertz CT molecular complexity index is 557. The molecule has 1 saturated carbocycles. The van der Waals surface area contributed by atoms with E-state index in [0.29, 0.717) is 6.04 Å². The van der Waals surface area contributed by atoms with Crippen molar-refractivity contribution in [2.45, 2.75) is 57.9 Å². The number of anilines is 1. The van der Waals surface area contributed by atoms with Crippen molar-refractivity contribution in [3.8, 4) is 0 Å². The van der Waals surface area contributed by atoms with Gasteiger partial charge in [0, 0.05) is 38.9 Å². The van der Waals surface area contributed by atoms with E-state index in [0.717, 1.165) is 56.1 Å². The Morgan fingerprint density at radius 1 is 1.22 bits per heavy atom. The van der Waals surface area contributed by atoms with Crippen molar-refractivity contribution in [3.05, 3.63) is 24.4 Å². The van der Waals surface area contributed by atoms with Gasteiger partial charge in [-0.2, -0.15) is 0 Å². The van der Waals surface area contributed by atoms with Crippen molar-refractivity contribution in [3.63, 3.8) is 0 Å². The van der Waals surface area contributed by atoms with Gasteiger partial charge < -0.3 is 15.5 Å². The van der Waals surface area contributed by atoms with Gasteiger partial charge in [0.1, 0.15) is 5.82 Å². The molecule has 27 heavy (non-hydrogen) atoms. The van der Waals surface area contributed by atoms with E-state index < -0.39 is 0 Å². The van der Waals surface area contributed by atoms with Gasteiger partial charge in [-0.15, -0.1) is 24.0 Å². The summed E-state index contributed by atoms with van der Waals surface area (Å²) < 4.78 is 0. The summed E-state index contributed by atoms with van der Waals surface area (Å²) in [4.78, 5) is 11.3. The first-order valence-corrected chi connectivity index (χ1v) is 10.4. The first-order chi connectivity index (χ1) is 12.7. The average molecular weight is 485 g/mol. The van der Waals surface area contributed by atoms with E-state index in [9.17, 15) is 0 Å². The molecule has 0 bridgehead atoms. The van der Waals surface area contributed by atoms with Crippen molar-refractivity contribution in [1.29, 1.82) is 0 Å². The molecule has 1 aromatic rings. The van der Waals surface area contributed by atoms with E-state index >= 15 is 0 Å². The van der Waals surface area contributed by atoms with E-state index in [4.69, 9.17) is 0 Å². The van der Waals surface area contributed by atoms with Crippen molar-refractivity contribution < 1.29 is 0 Å². The Labute approximate surface area is 181 Å². The van der Waals surface area contributed by atoms with Gasteiger partial charge in [0.25, 0.3) is 0 Å². The second-order valence-corrected chi connectivity index (χ2v) is 8.02. The Morgan fingerprint density at radius 3 is 2.70 bits per heavy atom. The standard InChI is InChI=1S/C21H35N5.HI/c1-17-6-5-7-18(16-17)9-13-24-21(22-2)25-19-10-14-26(15-11-19)20-8-3-4-12-23-20;/h3-4,8,12,17-19H,5-7,9-11,13-16H2,1-2H3,(H2,22,24,25);1H. The first-order valence-electron chi connectivity index (χ1n) is 10.4. The molecule has 0 spiro atoms. The van der Waals surface area contributed by atoms with Gasteiger partial charge >= 0.3 is 0 Å². The minimum atomic E-state index is 0. The summed E-state index contributed by atoms with van der Waals surface area (Å²) in [6, 6.07) is 6.63. The van der Waals surface area contributed by atoms with Crippen molar-refractivity contribution in [2.24, 2.45) is 16.8 Å². The lowest BCUT2D eigenvalue weighted by molar-refractivity contribution is 0.270. The lowest BCUT2D eigenvalue weighted by Gasteiger charge is -2.34. The second-order valence-electron chi connectivity index (χ2n) is 8.02. The molecule has 0 aromatic carbocycles. The number of aliphatic imine (C=N–C) groups is 1. The topological polar surface area (TPSA) is 52.6 Å². The first kappa shape index (κ1) is 22.2.